The minimum Gasteiger partial charge on any atom is -0.314 e. The van der Waals surface area contributed by atoms with E-state index in [4.69, 9.17) is 0 Å². The smallest absolute Gasteiger partial charge is 0.0626 e. The Morgan fingerprint density at radius 2 is 2.50 bits per heavy atom. The molecule has 0 radical (unpaired) electrons. The topological polar surface area (TPSA) is 24.4 Å². The van der Waals surface area contributed by atoms with Crippen molar-refractivity contribution in [1.82, 2.24) is 5.32 Å². The maximum absolute atomic E-state index is 4.31. The van der Waals surface area contributed by atoms with Gasteiger partial charge in [-0.3, -0.25) is 4.99 Å². The Hall–Kier alpha value is -0.370. The van der Waals surface area contributed by atoms with Crippen molar-refractivity contribution in [3.63, 3.8) is 0 Å². The molecule has 2 heteroatoms. The molecule has 2 nitrogen and oxygen atoms in total. The van der Waals surface area contributed by atoms with E-state index < -0.39 is 0 Å². The summed E-state index contributed by atoms with van der Waals surface area (Å²) in [7, 11) is 0. The van der Waals surface area contributed by atoms with Gasteiger partial charge >= 0.3 is 0 Å². The van der Waals surface area contributed by atoms with Crippen LogP contribution in [0.2, 0.25) is 0 Å². The van der Waals surface area contributed by atoms with Crippen LogP contribution in [-0.4, -0.2) is 25.3 Å². The molecule has 44 valence electrons. The minimum absolute atomic E-state index is 0.619. The molecule has 0 saturated carbocycles. The molecule has 0 aromatic rings. The predicted octanol–water partition coefficient (Wildman–Crippen LogP) is 0.0489. The summed E-state index contributed by atoms with van der Waals surface area (Å²) in [6.07, 6.45) is 3.40. The van der Waals surface area contributed by atoms with Crippen molar-refractivity contribution in [3.05, 3.63) is 0 Å². The van der Waals surface area contributed by atoms with Gasteiger partial charge in [0.2, 0.25) is 0 Å². The van der Waals surface area contributed by atoms with Gasteiger partial charge in [0.1, 0.15) is 0 Å². The Morgan fingerprint density at radius 3 is 3.25 bits per heavy atom. The molecule has 0 aliphatic carbocycles. The second-order valence-corrected chi connectivity index (χ2v) is 2.61. The molecule has 0 aromatic heterocycles. The summed E-state index contributed by atoms with van der Waals surface area (Å²) in [6.45, 7) is 2.26. The first-order valence-electron chi connectivity index (χ1n) is 3.19. The van der Waals surface area contributed by atoms with Gasteiger partial charge in [0, 0.05) is 25.2 Å². The van der Waals surface area contributed by atoms with Crippen LogP contribution in [-0.2, 0) is 0 Å². The van der Waals surface area contributed by atoms with Gasteiger partial charge < -0.3 is 5.32 Å². The van der Waals surface area contributed by atoms with Crippen molar-refractivity contribution in [2.75, 3.05) is 13.1 Å². The van der Waals surface area contributed by atoms with Gasteiger partial charge in [-0.05, 0) is 6.42 Å². The summed E-state index contributed by atoms with van der Waals surface area (Å²) in [4.78, 5) is 4.31. The molecule has 0 aromatic carbocycles. The van der Waals surface area contributed by atoms with Gasteiger partial charge in [-0.1, -0.05) is 0 Å². The molecule has 2 aliphatic rings. The van der Waals surface area contributed by atoms with Gasteiger partial charge in [0.25, 0.3) is 0 Å². The molecular formula is C6H10N2. The number of nitrogens with zero attached hydrogens (tertiary/aromatic N) is 1. The van der Waals surface area contributed by atoms with Crippen molar-refractivity contribution < 1.29 is 0 Å². The summed E-state index contributed by atoms with van der Waals surface area (Å²) >= 11 is 0. The average Bonchev–Trinajstić information content (AvgIpc) is 2.12. The normalized spacial score (nSPS) is 43.0. The number of fused-ring (bicyclic) bond motifs is 2. The number of aliphatic imine (C=N–C) groups is 1. The summed E-state index contributed by atoms with van der Waals surface area (Å²) in [6, 6.07) is 0.619. The van der Waals surface area contributed by atoms with E-state index in [-0.39, 0.29) is 0 Å². The second-order valence-electron chi connectivity index (χ2n) is 2.61. The lowest BCUT2D eigenvalue weighted by atomic mass is 10.0. The first-order chi connectivity index (χ1) is 3.95. The lowest BCUT2D eigenvalue weighted by molar-refractivity contribution is 0.445. The zero-order valence-corrected chi connectivity index (χ0v) is 4.80. The van der Waals surface area contributed by atoms with Crippen LogP contribution < -0.4 is 5.32 Å². The van der Waals surface area contributed by atoms with Crippen LogP contribution in [0.5, 0.6) is 0 Å². The van der Waals surface area contributed by atoms with Crippen LogP contribution in [0.3, 0.4) is 0 Å². The lowest BCUT2D eigenvalue weighted by Crippen LogP contribution is -2.34. The summed E-state index contributed by atoms with van der Waals surface area (Å²) in [5, 5.41) is 3.32. The van der Waals surface area contributed by atoms with Crippen LogP contribution in [0.1, 0.15) is 6.42 Å². The molecule has 2 rings (SSSR count). The maximum atomic E-state index is 4.31. The summed E-state index contributed by atoms with van der Waals surface area (Å²) in [5.74, 6) is 0.758. The third-order valence-corrected chi connectivity index (χ3v) is 1.87. The van der Waals surface area contributed by atoms with Crippen LogP contribution >= 0.6 is 0 Å². The van der Waals surface area contributed by atoms with E-state index in [1.807, 2.05) is 0 Å². The van der Waals surface area contributed by atoms with E-state index in [9.17, 15) is 0 Å². The average molecular weight is 110 g/mol. The highest BCUT2D eigenvalue weighted by atomic mass is 15.0. The van der Waals surface area contributed by atoms with Crippen LogP contribution in [0.15, 0.2) is 4.99 Å². The monoisotopic (exact) mass is 110 g/mol. The van der Waals surface area contributed by atoms with Crippen molar-refractivity contribution in [2.24, 2.45) is 10.9 Å². The molecule has 8 heavy (non-hydrogen) atoms. The molecule has 1 fully saturated rings. The summed E-state index contributed by atoms with van der Waals surface area (Å²) in [5.41, 5.74) is 0. The van der Waals surface area contributed by atoms with E-state index in [0.29, 0.717) is 6.04 Å². The van der Waals surface area contributed by atoms with E-state index >= 15 is 0 Å². The van der Waals surface area contributed by atoms with Gasteiger partial charge in [0.05, 0.1) is 6.04 Å². The predicted molar refractivity (Wildman–Crippen MR) is 33.3 cm³/mol. The Labute approximate surface area is 49.0 Å². The first-order valence-corrected chi connectivity index (χ1v) is 3.19. The fourth-order valence-corrected chi connectivity index (χ4v) is 1.42. The van der Waals surface area contributed by atoms with Gasteiger partial charge in [0.15, 0.2) is 0 Å². The van der Waals surface area contributed by atoms with E-state index in [1.54, 1.807) is 0 Å². The third kappa shape index (κ3) is 0.564. The van der Waals surface area contributed by atoms with Crippen molar-refractivity contribution >= 4 is 6.21 Å². The fraction of sp³-hybridized carbons (Fsp3) is 0.833. The third-order valence-electron chi connectivity index (χ3n) is 1.87. The number of hydrogen-bond acceptors (Lipinski definition) is 2. The van der Waals surface area contributed by atoms with E-state index in [2.05, 4.69) is 16.5 Å². The van der Waals surface area contributed by atoms with Gasteiger partial charge in [-0.2, -0.15) is 0 Å². The highest BCUT2D eigenvalue weighted by Gasteiger charge is 2.23. The number of rotatable bonds is 0. The molecule has 2 atom stereocenters. The maximum Gasteiger partial charge on any atom is 0.0626 e. The molecule has 2 heterocycles. The molecule has 0 spiro atoms. The Morgan fingerprint density at radius 1 is 1.50 bits per heavy atom. The van der Waals surface area contributed by atoms with E-state index in [0.717, 1.165) is 19.0 Å². The Bertz CT molecular complexity index is 108. The standard InChI is InChI=1S/C6H10N2/c1-5-2-7-4-6(1)8-3-5/h3,5-7H,1-2,4H2. The number of hydrogen-bond donors (Lipinski definition) is 1. The Kier molecular flexibility index (Phi) is 0.875. The quantitative estimate of drug-likeness (QED) is 0.468. The molecular weight excluding hydrogens is 100 g/mol. The molecule has 2 unspecified atom stereocenters. The zero-order valence-electron chi connectivity index (χ0n) is 4.80. The molecule has 1 saturated heterocycles. The number of piperidine rings is 1. The lowest BCUT2D eigenvalue weighted by Gasteiger charge is -2.17. The number of nitrogens with one attached hydrogen (secondary N) is 1. The highest BCUT2D eigenvalue weighted by Crippen LogP contribution is 2.17. The largest absolute Gasteiger partial charge is 0.314 e. The highest BCUT2D eigenvalue weighted by molar-refractivity contribution is 5.64. The fourth-order valence-electron chi connectivity index (χ4n) is 1.42. The molecule has 2 bridgehead atoms. The first kappa shape index (κ1) is 4.50. The van der Waals surface area contributed by atoms with Crippen LogP contribution in [0, 0.1) is 5.92 Å². The molecule has 0 amide bonds. The van der Waals surface area contributed by atoms with Crippen molar-refractivity contribution in [3.8, 4) is 0 Å². The van der Waals surface area contributed by atoms with Crippen LogP contribution in [0.25, 0.3) is 0 Å². The van der Waals surface area contributed by atoms with Crippen molar-refractivity contribution in [2.45, 2.75) is 12.5 Å². The minimum atomic E-state index is 0.619. The second kappa shape index (κ2) is 1.55. The Balaban J connectivity index is 2.13. The van der Waals surface area contributed by atoms with Gasteiger partial charge in [-0.15, -0.1) is 0 Å². The van der Waals surface area contributed by atoms with Gasteiger partial charge in [-0.25, -0.2) is 0 Å². The zero-order chi connectivity index (χ0) is 5.40. The molecule has 2 aliphatic heterocycles. The SMILES string of the molecule is C1=NC2CNCC1C2. The van der Waals surface area contributed by atoms with Crippen molar-refractivity contribution in [1.29, 1.82) is 0 Å². The van der Waals surface area contributed by atoms with E-state index in [1.165, 1.54) is 6.42 Å². The summed E-state index contributed by atoms with van der Waals surface area (Å²) < 4.78 is 0. The molecule has 1 N–H and O–H groups in total. The van der Waals surface area contributed by atoms with Crippen LogP contribution in [0.4, 0.5) is 0 Å².